The molecule has 4 bridgehead atoms. The second-order valence-corrected chi connectivity index (χ2v) is 29.8. The van der Waals surface area contributed by atoms with Crippen LogP contribution in [0.5, 0.6) is 0 Å². The standard InChI is InChI=1S/2C24H20B.2C18H36N2O6.2C4H8O.C4H10O.2K/c2*1-5-13-21(14-6-1)25(22-15-7-2-8-16-22,23-17-9-3-10-18-23)24-19-11-4-12-20-24;2*1-7-21-13-14-24-10-4-20-5-11-25-17-15-22-8-2-19(1)3-9-23-16-18-26-12-6-20;2*1-2-4-5-3-1;1-3-5-4-2;;/h2*1-20H;2*1-18H2;2*1-4H2;3-4H2,1-2H3;;/q2*-1;;;;;;2*+1/p+4. The van der Waals surface area contributed by atoms with Crippen molar-refractivity contribution in [2.24, 2.45) is 0 Å². The molecule has 8 aromatic carbocycles. The van der Waals surface area contributed by atoms with Crippen LogP contribution in [0.25, 0.3) is 0 Å². The minimum absolute atomic E-state index is 0. The minimum atomic E-state index is -1.22. The van der Waals surface area contributed by atoms with Crippen molar-refractivity contribution in [3.8, 4) is 0 Å². The number of nitrogens with one attached hydrogen (secondary N) is 4. The van der Waals surface area contributed by atoms with Gasteiger partial charge in [-0.25, -0.2) is 0 Å². The predicted molar refractivity (Wildman–Crippen MR) is 474 cm³/mol. The molecule has 0 aromatic heterocycles. The van der Waals surface area contributed by atoms with Crippen LogP contribution < -0.4 is 166 Å². The Morgan fingerprint density at radius 2 is 0.303 bits per heavy atom. The van der Waals surface area contributed by atoms with Crippen molar-refractivity contribution >= 4 is 56.0 Å². The molecule has 19 nitrogen and oxygen atoms in total. The Bertz CT molecular complexity index is 2850. The third kappa shape index (κ3) is 41.6. The van der Waals surface area contributed by atoms with Crippen molar-refractivity contribution < 1.29 is 193 Å². The molecule has 8 aromatic rings. The molecule has 119 heavy (non-hydrogen) atoms. The number of hydrogen-bond acceptors (Lipinski definition) is 15. The zero-order chi connectivity index (χ0) is 81.3. The first-order chi connectivity index (χ1) is 58.2. The molecule has 0 radical (unpaired) electrons. The summed E-state index contributed by atoms with van der Waals surface area (Å²) in [6.07, 6.45) is 2.68. The van der Waals surface area contributed by atoms with Crippen LogP contribution in [0.1, 0.15) is 39.5 Å². The largest absolute Gasteiger partial charge is 1.00 e. The molecular weight excluding hydrogens is 1550 g/mol. The van der Waals surface area contributed by atoms with Gasteiger partial charge in [-0.3, -0.25) is 0 Å². The van der Waals surface area contributed by atoms with E-state index < -0.39 is 12.3 Å². The Hall–Kier alpha value is -3.60. The summed E-state index contributed by atoms with van der Waals surface area (Å²) in [5.41, 5.74) is 10.7. The van der Waals surface area contributed by atoms with Gasteiger partial charge in [0.05, 0.1) is 159 Å². The van der Waals surface area contributed by atoms with Crippen LogP contribution in [0.3, 0.4) is 0 Å². The van der Waals surface area contributed by atoms with Gasteiger partial charge in [-0.1, -0.05) is 243 Å². The first-order valence-electron chi connectivity index (χ1n) is 43.9. The Labute approximate surface area is 799 Å². The monoisotopic (exact) mass is 1690 g/mol. The molecule has 0 saturated carbocycles. The van der Waals surface area contributed by atoms with E-state index in [9.17, 15) is 0 Å². The first-order valence-corrected chi connectivity index (χ1v) is 43.9. The third-order valence-electron chi connectivity index (χ3n) is 21.9. The molecule has 23 heteroatoms. The van der Waals surface area contributed by atoms with Crippen LogP contribution >= 0.6 is 0 Å². The summed E-state index contributed by atoms with van der Waals surface area (Å²) < 4.78 is 83.4. The normalized spacial score (nSPS) is 20.4. The van der Waals surface area contributed by atoms with Crippen molar-refractivity contribution in [2.75, 3.05) is 277 Å². The summed E-state index contributed by atoms with van der Waals surface area (Å²) >= 11 is 0. The number of fused-ring (bicyclic) bond motifs is 42. The van der Waals surface area contributed by atoms with Crippen molar-refractivity contribution in [3.05, 3.63) is 243 Å². The molecule has 8 aliphatic rings. The summed E-state index contributed by atoms with van der Waals surface area (Å²) in [5, 5.41) is 0. The molecule has 0 aliphatic carbocycles. The van der Waals surface area contributed by atoms with Gasteiger partial charge in [-0.15, -0.1) is 0 Å². The van der Waals surface area contributed by atoms with Crippen LogP contribution in [0, 0.1) is 0 Å². The molecule has 8 aliphatic heterocycles. The Kier molecular flexibility index (Phi) is 60.9. The molecule has 8 fully saturated rings. The quantitative estimate of drug-likeness (QED) is 0.100. The molecule has 4 N–H and O–H groups in total. The second-order valence-electron chi connectivity index (χ2n) is 29.8. The van der Waals surface area contributed by atoms with E-state index in [1.807, 2.05) is 13.8 Å². The zero-order valence-electron chi connectivity index (χ0n) is 72.9. The van der Waals surface area contributed by atoms with Gasteiger partial charge in [0.15, 0.2) is 0 Å². The van der Waals surface area contributed by atoms with Crippen molar-refractivity contribution in [1.82, 2.24) is 0 Å². The molecular formula is C96H142B2K2N4O15+4. The van der Waals surface area contributed by atoms with Crippen LogP contribution in [-0.4, -0.2) is 289 Å². The van der Waals surface area contributed by atoms with Crippen LogP contribution in [-0.2, 0) is 71.1 Å². The maximum Gasteiger partial charge on any atom is 1.00 e. The van der Waals surface area contributed by atoms with E-state index in [-0.39, 0.29) is 103 Å². The molecule has 8 saturated heterocycles. The van der Waals surface area contributed by atoms with Gasteiger partial charge in [0.1, 0.15) is 90.8 Å². The number of quaternary nitrogens is 4. The second kappa shape index (κ2) is 69.6. The van der Waals surface area contributed by atoms with E-state index in [2.05, 4.69) is 243 Å². The smallest absolute Gasteiger partial charge is 0.382 e. The molecule has 0 spiro atoms. The van der Waals surface area contributed by atoms with Crippen molar-refractivity contribution in [1.29, 1.82) is 0 Å². The van der Waals surface area contributed by atoms with E-state index in [0.29, 0.717) is 79.3 Å². The van der Waals surface area contributed by atoms with Crippen molar-refractivity contribution in [3.63, 3.8) is 0 Å². The van der Waals surface area contributed by atoms with E-state index in [4.69, 9.17) is 71.1 Å². The summed E-state index contributed by atoms with van der Waals surface area (Å²) in [4.78, 5) is 5.76. The third-order valence-corrected chi connectivity index (χ3v) is 21.9. The number of rotatable bonds is 10. The van der Waals surface area contributed by atoms with Gasteiger partial charge in [-0.2, -0.15) is 43.7 Å². The van der Waals surface area contributed by atoms with Gasteiger partial charge < -0.3 is 90.7 Å². The average molecular weight is 1690 g/mol. The molecule has 0 atom stereocenters. The fraction of sp³-hybridized carbons (Fsp3) is 0.500. The van der Waals surface area contributed by atoms with Crippen LogP contribution in [0.4, 0.5) is 0 Å². The topological polar surface area (TPSA) is 156 Å². The van der Waals surface area contributed by atoms with Crippen LogP contribution in [0.15, 0.2) is 243 Å². The van der Waals surface area contributed by atoms with Crippen LogP contribution in [0.2, 0.25) is 0 Å². The maximum absolute atomic E-state index is 5.73. The number of benzene rings is 8. The number of hydrogen-bond donors (Lipinski definition) is 4. The maximum atomic E-state index is 5.73. The fourth-order valence-electron chi connectivity index (χ4n) is 15.5. The molecule has 8 heterocycles. The molecule has 16 rings (SSSR count). The van der Waals surface area contributed by atoms with E-state index in [1.54, 1.807) is 0 Å². The molecule has 0 amide bonds. The Balaban J connectivity index is 0.000000230. The van der Waals surface area contributed by atoms with Gasteiger partial charge in [0.2, 0.25) is 0 Å². The van der Waals surface area contributed by atoms with Gasteiger partial charge in [0, 0.05) is 39.6 Å². The van der Waals surface area contributed by atoms with E-state index in [1.165, 1.54) is 89.0 Å². The zero-order valence-corrected chi connectivity index (χ0v) is 79.1. The van der Waals surface area contributed by atoms with E-state index >= 15 is 0 Å². The summed E-state index contributed by atoms with van der Waals surface area (Å²) in [5.74, 6) is 0. The molecule has 640 valence electrons. The average Bonchev–Trinajstić information content (AvgIpc) is 1.31. The summed E-state index contributed by atoms with van der Waals surface area (Å²) in [7, 11) is 0. The Morgan fingerprint density at radius 3 is 0.395 bits per heavy atom. The van der Waals surface area contributed by atoms with Gasteiger partial charge >= 0.3 is 103 Å². The predicted octanol–water partition coefficient (Wildman–Crippen LogP) is -3.46. The minimum Gasteiger partial charge on any atom is -0.382 e. The fourth-order valence-corrected chi connectivity index (χ4v) is 15.5. The van der Waals surface area contributed by atoms with Gasteiger partial charge in [-0.05, 0) is 39.5 Å². The Morgan fingerprint density at radius 1 is 0.185 bits per heavy atom. The van der Waals surface area contributed by atoms with E-state index in [0.717, 1.165) is 197 Å². The number of ether oxygens (including phenoxy) is 15. The first kappa shape index (κ1) is 104. The SMILES string of the molecule is C1CCOC1.C1CCOC1.C1COCC[NH+]2CCOCCOCC[NH+](CCO1)CCOCCOCC2.C1COCC[NH+]2CCOCCOCC[NH+](CCO1)CCOCCOCC2.CCOCC.[K+].[K+].c1ccc([B-](c2ccccc2)(c2ccccc2)c2ccccc2)cc1.c1ccc([B-](c2ccccc2)(c2ccccc2)c2ccccc2)cc1. The summed E-state index contributed by atoms with van der Waals surface area (Å²) in [6.45, 7) is 37.9. The molecule has 0 unspecified atom stereocenters. The van der Waals surface area contributed by atoms with Crippen molar-refractivity contribution in [2.45, 2.75) is 39.5 Å². The van der Waals surface area contributed by atoms with Gasteiger partial charge in [0.25, 0.3) is 0 Å². The summed E-state index contributed by atoms with van der Waals surface area (Å²) in [6, 6.07) is 87.1.